The fourth-order valence-corrected chi connectivity index (χ4v) is 5.70. The molecule has 1 atom stereocenters. The maximum Gasteiger partial charge on any atom is 0.244 e. The van der Waals surface area contributed by atoms with Crippen molar-refractivity contribution in [3.05, 3.63) is 99.0 Å². The molecule has 0 saturated heterocycles. The first-order chi connectivity index (χ1) is 19.0. The predicted molar refractivity (Wildman–Crippen MR) is 163 cm³/mol. The van der Waals surface area contributed by atoms with E-state index in [2.05, 4.69) is 5.32 Å². The summed E-state index contributed by atoms with van der Waals surface area (Å²) < 4.78 is 26.6. The minimum absolute atomic E-state index is 0.108. The van der Waals surface area contributed by atoms with E-state index in [1.54, 1.807) is 36.4 Å². The molecule has 0 heterocycles. The van der Waals surface area contributed by atoms with Crippen molar-refractivity contribution < 1.29 is 18.0 Å². The lowest BCUT2D eigenvalue weighted by molar-refractivity contribution is -0.140. The van der Waals surface area contributed by atoms with Gasteiger partial charge in [0.05, 0.1) is 11.9 Å². The highest BCUT2D eigenvalue weighted by Gasteiger charge is 2.33. The van der Waals surface area contributed by atoms with Crippen LogP contribution in [0.25, 0.3) is 0 Å². The topological polar surface area (TPSA) is 86.8 Å². The van der Waals surface area contributed by atoms with E-state index in [9.17, 15) is 18.0 Å². The molecule has 0 unspecified atom stereocenters. The lowest BCUT2D eigenvalue weighted by Crippen LogP contribution is -2.53. The highest BCUT2D eigenvalue weighted by Crippen LogP contribution is 2.28. The molecule has 3 rings (SSSR count). The number of unbranched alkanes of at least 4 members (excludes halogenated alkanes) is 1. The number of carbonyl (C=O) groups is 2. The Kier molecular flexibility index (Phi) is 11.7. The molecule has 11 heteroatoms. The van der Waals surface area contributed by atoms with Gasteiger partial charge in [0.15, 0.2) is 0 Å². The van der Waals surface area contributed by atoms with E-state index in [0.717, 1.165) is 29.0 Å². The number of carbonyl (C=O) groups excluding carboxylic acids is 2. The Morgan fingerprint density at radius 2 is 1.57 bits per heavy atom. The lowest BCUT2D eigenvalue weighted by atomic mass is 10.0. The smallest absolute Gasteiger partial charge is 0.244 e. The molecular formula is C29H32Cl3N3O4S. The van der Waals surface area contributed by atoms with Gasteiger partial charge in [-0.05, 0) is 42.3 Å². The molecule has 0 bridgehead atoms. The first-order valence-corrected chi connectivity index (χ1v) is 15.8. The maximum absolute atomic E-state index is 14.1. The van der Waals surface area contributed by atoms with Crippen LogP contribution in [0.3, 0.4) is 0 Å². The monoisotopic (exact) mass is 623 g/mol. The van der Waals surface area contributed by atoms with Gasteiger partial charge in [-0.25, -0.2) is 8.42 Å². The molecule has 0 radical (unpaired) electrons. The van der Waals surface area contributed by atoms with Crippen LogP contribution in [0.1, 0.15) is 30.9 Å². The lowest BCUT2D eigenvalue weighted by Gasteiger charge is -2.34. The van der Waals surface area contributed by atoms with Crippen molar-refractivity contribution >= 4 is 62.3 Å². The third-order valence-corrected chi connectivity index (χ3v) is 8.35. The number of rotatable bonds is 13. The molecule has 3 aromatic carbocycles. The fraction of sp³-hybridized carbons (Fsp3) is 0.310. The van der Waals surface area contributed by atoms with Crippen LogP contribution in [0.15, 0.2) is 72.8 Å². The Balaban J connectivity index is 2.08. The third-order valence-electron chi connectivity index (χ3n) is 6.27. The second kappa shape index (κ2) is 14.7. The van der Waals surface area contributed by atoms with Gasteiger partial charge in [-0.1, -0.05) is 90.6 Å². The molecule has 2 amide bonds. The molecule has 0 saturated carbocycles. The van der Waals surface area contributed by atoms with Crippen molar-refractivity contribution in [2.24, 2.45) is 0 Å². The van der Waals surface area contributed by atoms with E-state index in [0.29, 0.717) is 27.2 Å². The number of nitrogens with zero attached hydrogens (tertiary/aromatic N) is 2. The zero-order chi connectivity index (χ0) is 29.3. The number of amides is 2. The number of benzene rings is 3. The molecule has 0 aromatic heterocycles. The average molecular weight is 625 g/mol. The molecule has 3 aromatic rings. The molecule has 0 spiro atoms. The molecule has 0 aliphatic carbocycles. The molecule has 40 heavy (non-hydrogen) atoms. The van der Waals surface area contributed by atoms with Crippen LogP contribution >= 0.6 is 34.8 Å². The summed E-state index contributed by atoms with van der Waals surface area (Å²) in [5, 5.41) is 3.89. The minimum Gasteiger partial charge on any atom is -0.354 e. The molecule has 0 aliphatic heterocycles. The second-order valence-electron chi connectivity index (χ2n) is 9.32. The van der Waals surface area contributed by atoms with Crippen molar-refractivity contribution in [2.75, 3.05) is 23.7 Å². The number of halogens is 3. The first kappa shape index (κ1) is 31.7. The summed E-state index contributed by atoms with van der Waals surface area (Å²) >= 11 is 19.1. The van der Waals surface area contributed by atoms with Gasteiger partial charge in [0.1, 0.15) is 12.6 Å². The zero-order valence-electron chi connectivity index (χ0n) is 22.3. The Labute approximate surface area is 251 Å². The average Bonchev–Trinajstić information content (AvgIpc) is 2.90. The molecule has 0 fully saturated rings. The van der Waals surface area contributed by atoms with Gasteiger partial charge in [-0.2, -0.15) is 0 Å². The van der Waals surface area contributed by atoms with Gasteiger partial charge in [-0.15, -0.1) is 0 Å². The number of hydrogen-bond acceptors (Lipinski definition) is 4. The summed E-state index contributed by atoms with van der Waals surface area (Å²) in [4.78, 5) is 29.0. The quantitative estimate of drug-likeness (QED) is 0.238. The van der Waals surface area contributed by atoms with Crippen LogP contribution in [-0.2, 0) is 32.6 Å². The van der Waals surface area contributed by atoms with E-state index in [4.69, 9.17) is 34.8 Å². The summed E-state index contributed by atoms with van der Waals surface area (Å²) in [6, 6.07) is 19.5. The second-order valence-corrected chi connectivity index (χ2v) is 12.5. The van der Waals surface area contributed by atoms with Crippen molar-refractivity contribution in [1.29, 1.82) is 0 Å². The van der Waals surface area contributed by atoms with Gasteiger partial charge < -0.3 is 10.2 Å². The largest absolute Gasteiger partial charge is 0.354 e. The van der Waals surface area contributed by atoms with Gasteiger partial charge >= 0.3 is 0 Å². The fourth-order valence-electron chi connectivity index (χ4n) is 4.16. The number of sulfonamides is 1. The molecular weight excluding hydrogens is 593 g/mol. The summed E-state index contributed by atoms with van der Waals surface area (Å²) in [5.41, 5.74) is 1.51. The van der Waals surface area contributed by atoms with Crippen LogP contribution in [0, 0.1) is 0 Å². The Bertz CT molecular complexity index is 1400. The van der Waals surface area contributed by atoms with Crippen LogP contribution in [0.4, 0.5) is 5.69 Å². The Hall–Kier alpha value is -2.78. The highest BCUT2D eigenvalue weighted by atomic mass is 35.5. The normalized spacial score (nSPS) is 12.0. The van der Waals surface area contributed by atoms with E-state index in [-0.39, 0.29) is 24.6 Å². The van der Waals surface area contributed by atoms with Crippen molar-refractivity contribution in [3.8, 4) is 0 Å². The Morgan fingerprint density at radius 3 is 2.17 bits per heavy atom. The van der Waals surface area contributed by atoms with E-state index in [1.165, 1.54) is 11.0 Å². The maximum atomic E-state index is 14.1. The number of nitrogens with one attached hydrogen (secondary N) is 1. The predicted octanol–water partition coefficient (Wildman–Crippen LogP) is 5.97. The van der Waals surface area contributed by atoms with Crippen molar-refractivity contribution in [2.45, 2.75) is 38.8 Å². The van der Waals surface area contributed by atoms with E-state index >= 15 is 0 Å². The standard InChI is InChI=1S/C29H32Cl3N3O4S/c1-3-4-16-33-29(37)27(17-21-10-6-5-7-11-21)34(19-24-25(31)14-9-15-26(24)32)28(36)20-35(40(2,38)39)23-13-8-12-22(30)18-23/h5-15,18,27H,3-4,16-17,19-20H2,1-2H3,(H,33,37)/t27-/m1/s1. The summed E-state index contributed by atoms with van der Waals surface area (Å²) in [6.07, 6.45) is 2.85. The molecule has 1 N–H and O–H groups in total. The van der Waals surface area contributed by atoms with Gasteiger partial charge in [-0.3, -0.25) is 13.9 Å². The van der Waals surface area contributed by atoms with Crippen molar-refractivity contribution in [1.82, 2.24) is 10.2 Å². The summed E-state index contributed by atoms with van der Waals surface area (Å²) in [5.74, 6) is -0.963. The summed E-state index contributed by atoms with van der Waals surface area (Å²) in [7, 11) is -3.90. The molecule has 0 aliphatic rings. The van der Waals surface area contributed by atoms with E-state index in [1.807, 2.05) is 37.3 Å². The minimum atomic E-state index is -3.90. The molecule has 7 nitrogen and oxygen atoms in total. The third kappa shape index (κ3) is 8.86. The van der Waals surface area contributed by atoms with Gasteiger partial charge in [0.25, 0.3) is 0 Å². The van der Waals surface area contributed by atoms with Crippen molar-refractivity contribution in [3.63, 3.8) is 0 Å². The van der Waals surface area contributed by atoms with Crippen LogP contribution < -0.4 is 9.62 Å². The molecule has 214 valence electrons. The first-order valence-electron chi connectivity index (χ1n) is 12.8. The number of hydrogen-bond donors (Lipinski definition) is 1. The van der Waals surface area contributed by atoms with Crippen LogP contribution in [0.5, 0.6) is 0 Å². The zero-order valence-corrected chi connectivity index (χ0v) is 25.4. The van der Waals surface area contributed by atoms with E-state index < -0.39 is 28.5 Å². The van der Waals surface area contributed by atoms with Gasteiger partial charge in [0.2, 0.25) is 21.8 Å². The summed E-state index contributed by atoms with van der Waals surface area (Å²) in [6.45, 7) is 1.78. The van der Waals surface area contributed by atoms with Gasteiger partial charge in [0, 0.05) is 40.1 Å². The number of anilines is 1. The highest BCUT2D eigenvalue weighted by molar-refractivity contribution is 7.92. The van der Waals surface area contributed by atoms with Crippen LogP contribution in [-0.4, -0.2) is 50.5 Å². The Morgan fingerprint density at radius 1 is 0.925 bits per heavy atom. The van der Waals surface area contributed by atoms with Crippen LogP contribution in [0.2, 0.25) is 15.1 Å². The SMILES string of the molecule is CCCCNC(=O)[C@@H](Cc1ccccc1)N(Cc1c(Cl)cccc1Cl)C(=O)CN(c1cccc(Cl)c1)S(C)(=O)=O.